The van der Waals surface area contributed by atoms with Crippen molar-refractivity contribution in [1.29, 1.82) is 0 Å². The van der Waals surface area contributed by atoms with Crippen LogP contribution >= 0.6 is 0 Å². The Hall–Kier alpha value is -2.22. The molecule has 1 aliphatic heterocycles. The quantitative estimate of drug-likeness (QED) is 0.860. The fourth-order valence-electron chi connectivity index (χ4n) is 3.12. The third kappa shape index (κ3) is 3.89. The zero-order valence-corrected chi connectivity index (χ0v) is 15.1. The molecule has 8 heteroatoms. The lowest BCUT2D eigenvalue weighted by atomic mass is 9.98. The molecule has 1 fully saturated rings. The van der Waals surface area contributed by atoms with E-state index in [9.17, 15) is 4.79 Å². The van der Waals surface area contributed by atoms with Crippen LogP contribution < -0.4 is 5.32 Å². The van der Waals surface area contributed by atoms with Gasteiger partial charge in [-0.05, 0) is 40.2 Å². The van der Waals surface area contributed by atoms with Gasteiger partial charge in [0, 0.05) is 24.9 Å². The summed E-state index contributed by atoms with van der Waals surface area (Å²) in [4.78, 5) is 16.3. The number of hydrogen-bond acceptors (Lipinski definition) is 6. The maximum atomic E-state index is 11.9. The summed E-state index contributed by atoms with van der Waals surface area (Å²) in [6.07, 6.45) is 2.53. The van der Waals surface area contributed by atoms with Gasteiger partial charge in [0.25, 0.3) is 0 Å². The van der Waals surface area contributed by atoms with Crippen molar-refractivity contribution in [3.63, 3.8) is 0 Å². The van der Waals surface area contributed by atoms with Crippen LogP contribution in [0.5, 0.6) is 0 Å². The predicted molar refractivity (Wildman–Crippen MR) is 89.9 cm³/mol. The zero-order valence-electron chi connectivity index (χ0n) is 15.1. The van der Waals surface area contributed by atoms with Gasteiger partial charge in [-0.3, -0.25) is 9.48 Å². The van der Waals surface area contributed by atoms with E-state index in [1.54, 1.807) is 6.20 Å². The molecule has 8 nitrogen and oxygen atoms in total. The Bertz CT molecular complexity index is 721. The molecule has 0 aliphatic carbocycles. The van der Waals surface area contributed by atoms with Crippen LogP contribution in [-0.2, 0) is 16.0 Å². The van der Waals surface area contributed by atoms with E-state index in [0.717, 1.165) is 12.1 Å². The largest absolute Gasteiger partial charge is 0.371 e. The number of ether oxygens (including phenoxy) is 1. The molecule has 2 aromatic rings. The SMILES string of the molecule is CC(C)NC(=O)Cc1noc([C@H]2CCO[C@@H]2c2ccnn2C(C)C)n1. The van der Waals surface area contributed by atoms with Gasteiger partial charge in [0.1, 0.15) is 6.10 Å². The van der Waals surface area contributed by atoms with Crippen LogP contribution in [0.15, 0.2) is 16.8 Å². The Balaban J connectivity index is 1.75. The third-order valence-corrected chi connectivity index (χ3v) is 4.14. The maximum Gasteiger partial charge on any atom is 0.232 e. The number of aromatic nitrogens is 4. The summed E-state index contributed by atoms with van der Waals surface area (Å²) in [7, 11) is 0. The molecule has 3 rings (SSSR count). The van der Waals surface area contributed by atoms with E-state index in [1.807, 2.05) is 24.6 Å². The maximum absolute atomic E-state index is 11.9. The average Bonchev–Trinajstić information content (AvgIpc) is 3.25. The molecule has 0 unspecified atom stereocenters. The van der Waals surface area contributed by atoms with E-state index >= 15 is 0 Å². The number of amides is 1. The highest BCUT2D eigenvalue weighted by molar-refractivity contribution is 5.77. The van der Waals surface area contributed by atoms with Crippen molar-refractivity contribution in [3.05, 3.63) is 29.7 Å². The molecule has 1 amide bonds. The lowest BCUT2D eigenvalue weighted by Crippen LogP contribution is -2.31. The van der Waals surface area contributed by atoms with Crippen molar-refractivity contribution < 1.29 is 14.1 Å². The van der Waals surface area contributed by atoms with Gasteiger partial charge in [-0.2, -0.15) is 10.1 Å². The van der Waals surface area contributed by atoms with Gasteiger partial charge in [0.05, 0.1) is 18.0 Å². The standard InChI is InChI=1S/C17H25N5O3/c1-10(2)19-15(23)9-14-20-17(25-21-14)12-6-8-24-16(12)13-5-7-18-22(13)11(3)4/h5,7,10-12,16H,6,8-9H2,1-4H3,(H,19,23)/t12-,16-/m0/s1. The molecule has 136 valence electrons. The topological polar surface area (TPSA) is 95.1 Å². The highest BCUT2D eigenvalue weighted by atomic mass is 16.5. The molecular formula is C17H25N5O3. The Labute approximate surface area is 146 Å². The smallest absolute Gasteiger partial charge is 0.232 e. The van der Waals surface area contributed by atoms with E-state index in [2.05, 4.69) is 34.4 Å². The molecule has 3 heterocycles. The van der Waals surface area contributed by atoms with Crippen LogP contribution in [0.2, 0.25) is 0 Å². The van der Waals surface area contributed by atoms with Gasteiger partial charge in [-0.15, -0.1) is 0 Å². The predicted octanol–water partition coefficient (Wildman–Crippen LogP) is 2.16. The van der Waals surface area contributed by atoms with Crippen molar-refractivity contribution in [2.24, 2.45) is 0 Å². The highest BCUT2D eigenvalue weighted by Crippen LogP contribution is 2.41. The molecular weight excluding hydrogens is 322 g/mol. The third-order valence-electron chi connectivity index (χ3n) is 4.14. The molecule has 2 aromatic heterocycles. The monoisotopic (exact) mass is 347 g/mol. The van der Waals surface area contributed by atoms with E-state index < -0.39 is 0 Å². The second-order valence-electron chi connectivity index (χ2n) is 6.93. The summed E-state index contributed by atoms with van der Waals surface area (Å²) in [5.74, 6) is 0.783. The lowest BCUT2D eigenvalue weighted by molar-refractivity contribution is -0.121. The summed E-state index contributed by atoms with van der Waals surface area (Å²) in [6.45, 7) is 8.62. The minimum absolute atomic E-state index is 0.0244. The number of nitrogens with one attached hydrogen (secondary N) is 1. The van der Waals surface area contributed by atoms with Crippen LogP contribution in [0.3, 0.4) is 0 Å². The van der Waals surface area contributed by atoms with Gasteiger partial charge in [-0.1, -0.05) is 5.16 Å². The normalized spacial score (nSPS) is 20.6. The van der Waals surface area contributed by atoms with Gasteiger partial charge in [-0.25, -0.2) is 0 Å². The van der Waals surface area contributed by atoms with Crippen LogP contribution in [0.4, 0.5) is 0 Å². The number of carbonyl (C=O) groups is 1. The summed E-state index contributed by atoms with van der Waals surface area (Å²) in [6, 6.07) is 2.30. The Morgan fingerprint density at radius 1 is 1.40 bits per heavy atom. The number of nitrogens with zero attached hydrogens (tertiary/aromatic N) is 4. The first kappa shape index (κ1) is 17.6. The van der Waals surface area contributed by atoms with Crippen molar-refractivity contribution in [2.45, 2.75) is 64.6 Å². The molecule has 1 aliphatic rings. The molecule has 0 bridgehead atoms. The van der Waals surface area contributed by atoms with Crippen molar-refractivity contribution in [2.75, 3.05) is 6.61 Å². The number of carbonyl (C=O) groups excluding carboxylic acids is 1. The summed E-state index contributed by atoms with van der Waals surface area (Å²) in [5, 5.41) is 11.2. The van der Waals surface area contributed by atoms with E-state index in [0.29, 0.717) is 18.3 Å². The first-order valence-corrected chi connectivity index (χ1v) is 8.72. The van der Waals surface area contributed by atoms with Crippen LogP contribution in [-0.4, -0.2) is 38.5 Å². The summed E-state index contributed by atoms with van der Waals surface area (Å²) in [5.41, 5.74) is 1.01. The molecule has 0 aromatic carbocycles. The second kappa shape index (κ2) is 7.35. The zero-order chi connectivity index (χ0) is 18.0. The first-order valence-electron chi connectivity index (χ1n) is 8.72. The van der Waals surface area contributed by atoms with E-state index in [-0.39, 0.29) is 36.4 Å². The molecule has 1 N–H and O–H groups in total. The fourth-order valence-corrected chi connectivity index (χ4v) is 3.12. The fraction of sp³-hybridized carbons (Fsp3) is 0.647. The molecule has 0 spiro atoms. The Kier molecular flexibility index (Phi) is 5.17. The highest BCUT2D eigenvalue weighted by Gasteiger charge is 2.37. The molecule has 1 saturated heterocycles. The summed E-state index contributed by atoms with van der Waals surface area (Å²) < 4.78 is 13.3. The minimum atomic E-state index is -0.164. The number of rotatable bonds is 6. The Morgan fingerprint density at radius 2 is 2.20 bits per heavy atom. The van der Waals surface area contributed by atoms with Gasteiger partial charge < -0.3 is 14.6 Å². The van der Waals surface area contributed by atoms with E-state index in [4.69, 9.17) is 9.26 Å². The summed E-state index contributed by atoms with van der Waals surface area (Å²) >= 11 is 0. The first-order chi connectivity index (χ1) is 12.0. The molecule has 25 heavy (non-hydrogen) atoms. The van der Waals surface area contributed by atoms with Crippen molar-refractivity contribution >= 4 is 5.91 Å². The van der Waals surface area contributed by atoms with Gasteiger partial charge in [0.2, 0.25) is 11.8 Å². The van der Waals surface area contributed by atoms with Crippen LogP contribution in [0.1, 0.15) is 69.6 Å². The average molecular weight is 347 g/mol. The molecule has 0 saturated carbocycles. The van der Waals surface area contributed by atoms with E-state index in [1.165, 1.54) is 0 Å². The molecule has 0 radical (unpaired) electrons. The molecule has 2 atom stereocenters. The van der Waals surface area contributed by atoms with Gasteiger partial charge >= 0.3 is 0 Å². The van der Waals surface area contributed by atoms with Crippen molar-refractivity contribution in [1.82, 2.24) is 25.2 Å². The van der Waals surface area contributed by atoms with Gasteiger partial charge in [0.15, 0.2) is 5.82 Å². The Morgan fingerprint density at radius 3 is 2.92 bits per heavy atom. The van der Waals surface area contributed by atoms with Crippen LogP contribution in [0.25, 0.3) is 0 Å². The lowest BCUT2D eigenvalue weighted by Gasteiger charge is -2.19. The second-order valence-corrected chi connectivity index (χ2v) is 6.93. The van der Waals surface area contributed by atoms with Crippen LogP contribution in [0, 0.1) is 0 Å². The van der Waals surface area contributed by atoms with Crippen molar-refractivity contribution in [3.8, 4) is 0 Å². The number of hydrogen-bond donors (Lipinski definition) is 1. The minimum Gasteiger partial charge on any atom is -0.371 e.